The lowest BCUT2D eigenvalue weighted by Gasteiger charge is -2.12. The molecule has 0 fully saturated rings. The van der Waals surface area contributed by atoms with Gasteiger partial charge in [0.2, 0.25) is 0 Å². The van der Waals surface area contributed by atoms with Crippen molar-refractivity contribution in [1.82, 2.24) is 17.8 Å². The van der Waals surface area contributed by atoms with Crippen LogP contribution in [0.15, 0.2) is 22.0 Å². The molecule has 0 saturated heterocycles. The van der Waals surface area contributed by atoms with Gasteiger partial charge >= 0.3 is 10.2 Å². The van der Waals surface area contributed by atoms with Crippen LogP contribution < -0.4 is 4.72 Å². The lowest BCUT2D eigenvalue weighted by atomic mass is 10.2. The van der Waals surface area contributed by atoms with Gasteiger partial charge in [-0.1, -0.05) is 15.9 Å². The summed E-state index contributed by atoms with van der Waals surface area (Å²) in [4.78, 5) is 0. The van der Waals surface area contributed by atoms with Crippen LogP contribution in [0.2, 0.25) is 0 Å². The maximum atomic E-state index is 12.0. The molecule has 1 atom stereocenters. The average Bonchev–Trinajstić information content (AvgIpc) is 2.83. The summed E-state index contributed by atoms with van der Waals surface area (Å²) in [7, 11) is -3.98. The first-order valence-corrected chi connectivity index (χ1v) is 9.87. The predicted molar refractivity (Wildman–Crippen MR) is 83.4 cm³/mol. The Morgan fingerprint density at radius 1 is 1.29 bits per heavy atom. The number of aromatic nitrogens is 2. The fourth-order valence-electron chi connectivity index (χ4n) is 1.45. The van der Waals surface area contributed by atoms with Gasteiger partial charge in [-0.3, -0.25) is 0 Å². The summed E-state index contributed by atoms with van der Waals surface area (Å²) in [5.41, 5.74) is 2.05. The second-order valence-corrected chi connectivity index (χ2v) is 9.11. The fraction of sp³-hybridized carbons (Fsp3) is 0.400. The third-order valence-electron chi connectivity index (χ3n) is 2.73. The van der Waals surface area contributed by atoms with Crippen LogP contribution in [-0.2, 0) is 26.7 Å². The van der Waals surface area contributed by atoms with Crippen molar-refractivity contribution in [2.45, 2.75) is 6.54 Å². The van der Waals surface area contributed by atoms with E-state index in [-0.39, 0.29) is 6.54 Å². The fourth-order valence-corrected chi connectivity index (χ4v) is 4.56. The molecule has 0 saturated carbocycles. The Hall–Kier alpha value is -1.14. The van der Waals surface area contributed by atoms with E-state index >= 15 is 0 Å². The van der Waals surface area contributed by atoms with Crippen molar-refractivity contribution >= 4 is 42.9 Å². The summed E-state index contributed by atoms with van der Waals surface area (Å²) in [6.07, 6.45) is 1.26. The minimum absolute atomic E-state index is 0.0114. The molecule has 0 bridgehead atoms. The molecule has 1 aromatic heterocycles. The van der Waals surface area contributed by atoms with Gasteiger partial charge in [-0.25, -0.2) is 8.51 Å². The molecule has 0 aliphatic carbocycles. The van der Waals surface area contributed by atoms with E-state index in [1.54, 1.807) is 18.2 Å². The molecule has 1 unspecified atom stereocenters. The number of nitrogens with zero attached hydrogens (tertiary/aromatic N) is 4. The topological polar surface area (TPSA) is 105 Å². The maximum Gasteiger partial charge on any atom is 0.328 e. The SMILES string of the molecule is CN(C)S(C)(=O)=NS(=O)(=O)NCc1cccc2nsnc12. The quantitative estimate of drug-likeness (QED) is 0.851. The Morgan fingerprint density at radius 3 is 2.67 bits per heavy atom. The molecule has 21 heavy (non-hydrogen) atoms. The zero-order chi connectivity index (χ0) is 15.7. The molecule has 1 aromatic carbocycles. The molecule has 0 amide bonds. The van der Waals surface area contributed by atoms with Gasteiger partial charge in [-0.2, -0.15) is 21.9 Å². The highest BCUT2D eigenvalue weighted by molar-refractivity contribution is 8.00. The predicted octanol–water partition coefficient (Wildman–Crippen LogP) is 0.600. The summed E-state index contributed by atoms with van der Waals surface area (Å²) in [5, 5.41) is 0. The minimum Gasteiger partial charge on any atom is -0.233 e. The van der Waals surface area contributed by atoms with Crippen molar-refractivity contribution in [2.24, 2.45) is 3.77 Å². The first-order valence-electron chi connectivity index (χ1n) is 5.82. The molecule has 1 N–H and O–H groups in total. The number of hydrogen-bond donors (Lipinski definition) is 1. The van der Waals surface area contributed by atoms with Gasteiger partial charge in [0, 0.05) is 26.9 Å². The lowest BCUT2D eigenvalue weighted by molar-refractivity contribution is 0.578. The van der Waals surface area contributed by atoms with Gasteiger partial charge in [0.05, 0.1) is 11.7 Å². The van der Waals surface area contributed by atoms with E-state index in [0.29, 0.717) is 16.6 Å². The highest BCUT2D eigenvalue weighted by Gasteiger charge is 2.15. The number of rotatable bonds is 5. The van der Waals surface area contributed by atoms with Crippen LogP contribution >= 0.6 is 11.7 Å². The van der Waals surface area contributed by atoms with E-state index in [9.17, 15) is 12.6 Å². The lowest BCUT2D eigenvalue weighted by Crippen LogP contribution is -2.27. The van der Waals surface area contributed by atoms with E-state index in [2.05, 4.69) is 17.2 Å². The first-order chi connectivity index (χ1) is 9.71. The molecule has 1 heterocycles. The van der Waals surface area contributed by atoms with Crippen molar-refractivity contribution in [3.05, 3.63) is 23.8 Å². The molecule has 8 nitrogen and oxygen atoms in total. The van der Waals surface area contributed by atoms with E-state index in [0.717, 1.165) is 11.7 Å². The van der Waals surface area contributed by atoms with Crippen LogP contribution in [0.4, 0.5) is 0 Å². The third kappa shape index (κ3) is 3.95. The Kier molecular flexibility index (Phi) is 4.58. The molecule has 0 aliphatic heterocycles. The van der Waals surface area contributed by atoms with Gasteiger partial charge in [0.1, 0.15) is 20.9 Å². The van der Waals surface area contributed by atoms with Gasteiger partial charge in [0.15, 0.2) is 0 Å². The highest BCUT2D eigenvalue weighted by Crippen LogP contribution is 2.16. The molecule has 0 radical (unpaired) electrons. The van der Waals surface area contributed by atoms with Gasteiger partial charge < -0.3 is 0 Å². The van der Waals surface area contributed by atoms with Crippen LogP contribution in [0.5, 0.6) is 0 Å². The van der Waals surface area contributed by atoms with Gasteiger partial charge in [0.25, 0.3) is 0 Å². The van der Waals surface area contributed by atoms with Crippen LogP contribution in [0, 0.1) is 0 Å². The van der Waals surface area contributed by atoms with E-state index < -0.39 is 20.1 Å². The standard InChI is InChI=1S/C10H15N5O3S3/c1-15(2)20(3,16)14-21(17,18)11-7-8-5-4-6-9-10(8)13-19-12-9/h4-6,11H,7H2,1-3H3. The number of fused-ring (bicyclic) bond motifs is 1. The first kappa shape index (κ1) is 16.2. The van der Waals surface area contributed by atoms with Crippen LogP contribution in [0.3, 0.4) is 0 Å². The summed E-state index contributed by atoms with van der Waals surface area (Å²) < 4.78 is 50.9. The van der Waals surface area contributed by atoms with E-state index in [1.165, 1.54) is 24.7 Å². The zero-order valence-corrected chi connectivity index (χ0v) is 14.1. The summed E-state index contributed by atoms with van der Waals surface area (Å²) >= 11 is 1.06. The maximum absolute atomic E-state index is 12.0. The Labute approximate surface area is 128 Å². The Balaban J connectivity index is 2.24. The number of hydrogen-bond acceptors (Lipinski definition) is 6. The molecule has 0 aliphatic rings. The minimum atomic E-state index is -4.02. The monoisotopic (exact) mass is 349 g/mol. The van der Waals surface area contributed by atoms with Crippen molar-refractivity contribution in [3.8, 4) is 0 Å². The van der Waals surface area contributed by atoms with Crippen LogP contribution in [0.25, 0.3) is 11.0 Å². The van der Waals surface area contributed by atoms with E-state index in [1.807, 2.05) is 0 Å². The van der Waals surface area contributed by atoms with E-state index in [4.69, 9.17) is 0 Å². The molecule has 2 aromatic rings. The Morgan fingerprint density at radius 2 is 2.00 bits per heavy atom. The summed E-state index contributed by atoms with van der Waals surface area (Å²) in [6.45, 7) is 0.0114. The largest absolute Gasteiger partial charge is 0.328 e. The molecule has 116 valence electrons. The molecule has 11 heteroatoms. The average molecular weight is 349 g/mol. The summed E-state index contributed by atoms with van der Waals surface area (Å²) in [5.74, 6) is 0. The second-order valence-electron chi connectivity index (χ2n) is 4.49. The molecule has 2 rings (SSSR count). The number of benzene rings is 1. The smallest absolute Gasteiger partial charge is 0.233 e. The van der Waals surface area contributed by atoms with Gasteiger partial charge in [-0.15, -0.1) is 0 Å². The van der Waals surface area contributed by atoms with Crippen molar-refractivity contribution in [2.75, 3.05) is 20.4 Å². The van der Waals surface area contributed by atoms with Crippen molar-refractivity contribution in [1.29, 1.82) is 0 Å². The number of nitrogens with one attached hydrogen (secondary N) is 1. The third-order valence-corrected chi connectivity index (χ3v) is 7.03. The molecular formula is C10H15N5O3S3. The van der Waals surface area contributed by atoms with Crippen molar-refractivity contribution in [3.63, 3.8) is 0 Å². The second kappa shape index (κ2) is 5.93. The van der Waals surface area contributed by atoms with Gasteiger partial charge in [-0.05, 0) is 11.6 Å². The summed E-state index contributed by atoms with van der Waals surface area (Å²) in [6, 6.07) is 5.32. The van der Waals surface area contributed by atoms with Crippen LogP contribution in [0.1, 0.15) is 5.56 Å². The molecular weight excluding hydrogens is 334 g/mol. The Bertz CT molecular complexity index is 865. The normalized spacial score (nSPS) is 15.2. The zero-order valence-electron chi connectivity index (χ0n) is 11.7. The van der Waals surface area contributed by atoms with Crippen LogP contribution in [-0.4, -0.2) is 46.0 Å². The van der Waals surface area contributed by atoms with Crippen molar-refractivity contribution < 1.29 is 12.6 Å². The molecule has 0 spiro atoms. The highest BCUT2D eigenvalue weighted by atomic mass is 32.3.